The number of benzene rings is 4. The van der Waals surface area contributed by atoms with Crippen LogP contribution in [0.1, 0.15) is 43.0 Å². The van der Waals surface area contributed by atoms with Crippen molar-refractivity contribution in [2.24, 2.45) is 0 Å². The fourth-order valence-electron chi connectivity index (χ4n) is 4.20. The molecule has 5 heteroatoms. The summed E-state index contributed by atoms with van der Waals surface area (Å²) in [6.45, 7) is 3.90. The Morgan fingerprint density at radius 1 is 0.722 bits per heavy atom. The van der Waals surface area contributed by atoms with E-state index in [1.807, 2.05) is 44.2 Å². The molecule has 0 aliphatic carbocycles. The molecule has 0 aliphatic rings. The molecule has 0 unspecified atom stereocenters. The Kier molecular flexibility index (Phi) is 7.32. The number of amides is 1. The van der Waals surface area contributed by atoms with E-state index in [4.69, 9.17) is 4.74 Å². The van der Waals surface area contributed by atoms with Gasteiger partial charge in [-0.05, 0) is 49.2 Å². The molecule has 2 N–H and O–H groups in total. The number of nitrogens with one attached hydrogen (secondary N) is 1. The van der Waals surface area contributed by atoms with Crippen molar-refractivity contribution in [3.8, 4) is 5.75 Å². The lowest BCUT2D eigenvalue weighted by Crippen LogP contribution is -2.56. The Morgan fingerprint density at radius 2 is 1.22 bits per heavy atom. The van der Waals surface area contributed by atoms with Gasteiger partial charge in [0.05, 0.1) is 7.11 Å². The average Bonchev–Trinajstić information content (AvgIpc) is 2.92. The maximum Gasteiger partial charge on any atom is 0.251 e. The number of hydrogen-bond acceptors (Lipinski definition) is 4. The van der Waals surface area contributed by atoms with Crippen molar-refractivity contribution in [3.05, 3.63) is 137 Å². The second-order valence-electron chi connectivity index (χ2n) is 8.86. The number of rotatable bonds is 8. The molecule has 0 fully saturated rings. The van der Waals surface area contributed by atoms with Crippen molar-refractivity contribution >= 4 is 11.7 Å². The second-order valence-corrected chi connectivity index (χ2v) is 8.86. The first-order chi connectivity index (χ1) is 17.3. The first kappa shape index (κ1) is 24.9. The Balaban J connectivity index is 1.86. The van der Waals surface area contributed by atoms with Gasteiger partial charge in [0.15, 0.2) is 5.78 Å². The van der Waals surface area contributed by atoms with Gasteiger partial charge in [-0.1, -0.05) is 90.0 Å². The smallest absolute Gasteiger partial charge is 0.251 e. The van der Waals surface area contributed by atoms with E-state index in [2.05, 4.69) is 5.32 Å². The van der Waals surface area contributed by atoms with Crippen LogP contribution in [0.3, 0.4) is 0 Å². The van der Waals surface area contributed by atoms with Gasteiger partial charge in [0.2, 0.25) is 0 Å². The fourth-order valence-corrected chi connectivity index (χ4v) is 4.20. The molecule has 0 saturated carbocycles. The third-order valence-corrected chi connectivity index (χ3v) is 6.35. The zero-order valence-corrected chi connectivity index (χ0v) is 20.6. The van der Waals surface area contributed by atoms with Crippen molar-refractivity contribution in [2.75, 3.05) is 7.11 Å². The third kappa shape index (κ3) is 5.07. The molecule has 0 radical (unpaired) electrons. The molecule has 182 valence electrons. The number of ketones is 1. The van der Waals surface area contributed by atoms with Crippen LogP contribution in [0.15, 0.2) is 103 Å². The van der Waals surface area contributed by atoms with Gasteiger partial charge < -0.3 is 15.2 Å². The summed E-state index contributed by atoms with van der Waals surface area (Å²) in [5.74, 6) is -0.273. The van der Waals surface area contributed by atoms with E-state index in [9.17, 15) is 14.7 Å². The van der Waals surface area contributed by atoms with E-state index < -0.39 is 23.3 Å². The van der Waals surface area contributed by atoms with Crippen LogP contribution in [0.2, 0.25) is 0 Å². The molecule has 0 bridgehead atoms. The van der Waals surface area contributed by atoms with Crippen molar-refractivity contribution in [3.63, 3.8) is 0 Å². The average molecular weight is 480 g/mol. The summed E-state index contributed by atoms with van der Waals surface area (Å²) in [5.41, 5.74) is 1.92. The molecule has 5 nitrogen and oxygen atoms in total. The molecular weight excluding hydrogens is 450 g/mol. The number of carbonyl (C=O) groups is 2. The zero-order valence-electron chi connectivity index (χ0n) is 20.6. The molecule has 0 heterocycles. The predicted molar refractivity (Wildman–Crippen MR) is 140 cm³/mol. The van der Waals surface area contributed by atoms with Gasteiger partial charge in [0.25, 0.3) is 5.91 Å². The molecule has 0 spiro atoms. The highest BCUT2D eigenvalue weighted by Crippen LogP contribution is 2.35. The Bertz CT molecular complexity index is 1280. The second kappa shape index (κ2) is 10.6. The van der Waals surface area contributed by atoms with Gasteiger partial charge in [-0.3, -0.25) is 9.59 Å². The van der Waals surface area contributed by atoms with Crippen molar-refractivity contribution in [1.82, 2.24) is 5.32 Å². The Labute approximate surface area is 211 Å². The largest absolute Gasteiger partial charge is 0.497 e. The highest BCUT2D eigenvalue weighted by Gasteiger charge is 2.45. The van der Waals surface area contributed by atoms with Crippen LogP contribution in [0.5, 0.6) is 5.75 Å². The van der Waals surface area contributed by atoms with E-state index in [1.165, 1.54) is 0 Å². The van der Waals surface area contributed by atoms with Crippen LogP contribution in [0, 0.1) is 13.8 Å². The normalized spacial score (nSPS) is 12.0. The summed E-state index contributed by atoms with van der Waals surface area (Å²) < 4.78 is 5.19. The molecular formula is C31H29NO4. The number of aliphatic hydroxyl groups is 1. The lowest BCUT2D eigenvalue weighted by molar-refractivity contribution is 0.0320. The molecule has 0 saturated heterocycles. The van der Waals surface area contributed by atoms with E-state index in [0.717, 1.165) is 11.1 Å². The molecule has 0 aromatic heterocycles. The van der Waals surface area contributed by atoms with Gasteiger partial charge in [0, 0.05) is 11.1 Å². The summed E-state index contributed by atoms with van der Waals surface area (Å²) in [4.78, 5) is 27.3. The van der Waals surface area contributed by atoms with Gasteiger partial charge >= 0.3 is 0 Å². The van der Waals surface area contributed by atoms with E-state index in [-0.39, 0.29) is 0 Å². The minimum atomic E-state index is -1.84. The first-order valence-corrected chi connectivity index (χ1v) is 11.7. The van der Waals surface area contributed by atoms with E-state index in [1.54, 1.807) is 79.9 Å². The summed E-state index contributed by atoms with van der Waals surface area (Å²) in [6.07, 6.45) is 0. The molecule has 4 aromatic rings. The Morgan fingerprint density at radius 3 is 1.69 bits per heavy atom. The monoisotopic (exact) mass is 479 g/mol. The van der Waals surface area contributed by atoms with E-state index >= 15 is 0 Å². The number of Topliss-reactive ketones (excluding diaryl/α,β-unsaturated/α-hetero) is 1. The lowest BCUT2D eigenvalue weighted by atomic mass is 9.76. The van der Waals surface area contributed by atoms with Crippen LogP contribution in [0.4, 0.5) is 0 Å². The fraction of sp³-hybridized carbons (Fsp3) is 0.161. The van der Waals surface area contributed by atoms with Crippen LogP contribution < -0.4 is 10.1 Å². The van der Waals surface area contributed by atoms with Crippen LogP contribution >= 0.6 is 0 Å². The van der Waals surface area contributed by atoms with Crippen molar-refractivity contribution in [2.45, 2.75) is 25.5 Å². The standard InChI is InChI=1S/C31H29NO4/c1-21-9-15-25(16-10-21)31(35,26-17-11-22(2)12-18-26)29(28(33)23-7-5-4-6-8-23)32-30(34)24-13-19-27(36-3)20-14-24/h4-20,29,35H,1-3H3,(H,32,34)/t29-/m0/s1. The molecule has 1 atom stereocenters. The number of hydrogen-bond donors (Lipinski definition) is 2. The number of methoxy groups -OCH3 is 1. The van der Waals surface area contributed by atoms with Crippen LogP contribution in [-0.2, 0) is 5.60 Å². The number of aryl methyl sites for hydroxylation is 2. The number of ether oxygens (including phenoxy) is 1. The summed E-state index contributed by atoms with van der Waals surface area (Å²) >= 11 is 0. The quantitative estimate of drug-likeness (QED) is 0.340. The maximum absolute atomic E-state index is 13.9. The van der Waals surface area contributed by atoms with Gasteiger partial charge in [0.1, 0.15) is 17.4 Å². The minimum Gasteiger partial charge on any atom is -0.497 e. The van der Waals surface area contributed by atoms with Crippen LogP contribution in [0.25, 0.3) is 0 Å². The third-order valence-electron chi connectivity index (χ3n) is 6.35. The minimum absolute atomic E-state index is 0.344. The summed E-state index contributed by atoms with van der Waals surface area (Å²) in [7, 11) is 1.55. The summed E-state index contributed by atoms with van der Waals surface area (Å²) in [5, 5.41) is 15.3. The molecule has 36 heavy (non-hydrogen) atoms. The van der Waals surface area contributed by atoms with Gasteiger partial charge in [-0.25, -0.2) is 0 Å². The first-order valence-electron chi connectivity index (χ1n) is 11.7. The van der Waals surface area contributed by atoms with Gasteiger partial charge in [-0.15, -0.1) is 0 Å². The zero-order chi connectivity index (χ0) is 25.7. The van der Waals surface area contributed by atoms with Gasteiger partial charge in [-0.2, -0.15) is 0 Å². The molecule has 1 amide bonds. The SMILES string of the molecule is COc1ccc(C(=O)N[C@@H](C(=O)c2ccccc2)C(O)(c2ccc(C)cc2)c2ccc(C)cc2)cc1. The van der Waals surface area contributed by atoms with E-state index in [0.29, 0.717) is 28.0 Å². The highest BCUT2D eigenvalue weighted by molar-refractivity contribution is 6.05. The lowest BCUT2D eigenvalue weighted by Gasteiger charge is -2.37. The highest BCUT2D eigenvalue weighted by atomic mass is 16.5. The Hall–Kier alpha value is -4.22. The topological polar surface area (TPSA) is 75.6 Å². The molecule has 0 aliphatic heterocycles. The maximum atomic E-state index is 13.9. The molecule has 4 rings (SSSR count). The van der Waals surface area contributed by atoms with Crippen LogP contribution in [-0.4, -0.2) is 29.9 Å². The summed E-state index contributed by atoms with van der Waals surface area (Å²) in [6, 6.07) is 28.7. The number of carbonyl (C=O) groups excluding carboxylic acids is 2. The molecule has 4 aromatic carbocycles. The van der Waals surface area contributed by atoms with Crippen molar-refractivity contribution < 1.29 is 19.4 Å². The van der Waals surface area contributed by atoms with Crippen molar-refractivity contribution in [1.29, 1.82) is 0 Å². The predicted octanol–water partition coefficient (Wildman–Crippen LogP) is 5.23.